The number of carboxylic acid groups (broad SMARTS) is 1. The Morgan fingerprint density at radius 2 is 2.19 bits per heavy atom. The molecule has 1 saturated heterocycles. The van der Waals surface area contributed by atoms with Crippen LogP contribution in [0, 0.1) is 5.41 Å². The van der Waals surface area contributed by atoms with Gasteiger partial charge in [-0.05, 0) is 25.3 Å². The van der Waals surface area contributed by atoms with Crippen LogP contribution in [0.5, 0.6) is 0 Å². The van der Waals surface area contributed by atoms with Crippen LogP contribution in [0.2, 0.25) is 0 Å². The maximum atomic E-state index is 12.3. The van der Waals surface area contributed by atoms with Crippen molar-refractivity contribution >= 4 is 23.9 Å². The minimum absolute atomic E-state index is 0.0373. The highest BCUT2D eigenvalue weighted by Gasteiger charge is 2.41. The summed E-state index contributed by atoms with van der Waals surface area (Å²) in [4.78, 5) is 38.7. The normalized spacial score (nSPS) is 29.1. The quantitative estimate of drug-likeness (QED) is 0.109. The fourth-order valence-electron chi connectivity index (χ4n) is 3.24. The SMILES string of the molecule is CN(CC[C@H](N)CC(=O)N[C@H]1CC[C@H](N2C=C[C@@](N)(O)NC2=O)O[C@@H]1C(=O)O)C(=N)N. The molecule has 174 valence electrons. The number of carbonyl (C=O) groups is 3. The van der Waals surface area contributed by atoms with E-state index in [2.05, 4.69) is 10.6 Å². The first-order valence-corrected chi connectivity index (χ1v) is 9.69. The number of urea groups is 1. The molecule has 14 nitrogen and oxygen atoms in total. The molecule has 0 aromatic rings. The van der Waals surface area contributed by atoms with Gasteiger partial charge in [0.05, 0.1) is 6.04 Å². The van der Waals surface area contributed by atoms with Crippen molar-refractivity contribution in [2.45, 2.75) is 55.9 Å². The van der Waals surface area contributed by atoms with Crippen molar-refractivity contribution in [2.75, 3.05) is 13.6 Å². The first kappa shape index (κ1) is 24.3. The molecule has 3 amide bonds. The summed E-state index contributed by atoms with van der Waals surface area (Å²) in [5, 5.41) is 31.2. The maximum Gasteiger partial charge on any atom is 0.335 e. The number of nitrogens with zero attached hydrogens (tertiary/aromatic N) is 2. The zero-order valence-corrected chi connectivity index (χ0v) is 17.2. The first-order valence-electron chi connectivity index (χ1n) is 9.69. The van der Waals surface area contributed by atoms with E-state index in [9.17, 15) is 24.6 Å². The molecule has 0 aromatic carbocycles. The molecule has 0 saturated carbocycles. The van der Waals surface area contributed by atoms with Gasteiger partial charge in [0, 0.05) is 32.3 Å². The van der Waals surface area contributed by atoms with E-state index >= 15 is 0 Å². The zero-order valence-electron chi connectivity index (χ0n) is 17.2. The lowest BCUT2D eigenvalue weighted by Crippen LogP contribution is -2.63. The highest BCUT2D eigenvalue weighted by atomic mass is 16.5. The van der Waals surface area contributed by atoms with Crippen LogP contribution in [-0.4, -0.2) is 87.7 Å². The van der Waals surface area contributed by atoms with Crippen LogP contribution >= 0.6 is 0 Å². The number of guanidine groups is 1. The third kappa shape index (κ3) is 6.78. The van der Waals surface area contributed by atoms with E-state index in [-0.39, 0.29) is 25.2 Å². The van der Waals surface area contributed by atoms with Crippen LogP contribution < -0.4 is 27.8 Å². The van der Waals surface area contributed by atoms with Gasteiger partial charge in [-0.2, -0.15) is 0 Å². The van der Waals surface area contributed by atoms with Gasteiger partial charge in [-0.1, -0.05) is 0 Å². The molecule has 0 aliphatic carbocycles. The van der Waals surface area contributed by atoms with E-state index in [1.54, 1.807) is 7.05 Å². The van der Waals surface area contributed by atoms with Crippen molar-refractivity contribution in [3.05, 3.63) is 12.3 Å². The van der Waals surface area contributed by atoms with Crippen LogP contribution in [0.15, 0.2) is 12.3 Å². The highest BCUT2D eigenvalue weighted by Crippen LogP contribution is 2.25. The molecule has 0 bridgehead atoms. The molecule has 2 rings (SSSR count). The van der Waals surface area contributed by atoms with Gasteiger partial charge >= 0.3 is 12.0 Å². The summed E-state index contributed by atoms with van der Waals surface area (Å²) in [7, 11) is 1.63. The van der Waals surface area contributed by atoms with Crippen molar-refractivity contribution in [3.63, 3.8) is 0 Å². The number of nitrogens with one attached hydrogen (secondary N) is 3. The second kappa shape index (κ2) is 9.91. The number of carbonyl (C=O) groups excluding carboxylic acids is 2. The first-order chi connectivity index (χ1) is 14.4. The van der Waals surface area contributed by atoms with E-state index < -0.39 is 48.2 Å². The van der Waals surface area contributed by atoms with Crippen molar-refractivity contribution in [1.29, 1.82) is 5.41 Å². The molecule has 31 heavy (non-hydrogen) atoms. The number of aliphatic hydroxyl groups is 1. The summed E-state index contributed by atoms with van der Waals surface area (Å²) in [5.41, 5.74) is 16.7. The van der Waals surface area contributed by atoms with Crippen LogP contribution in [0.1, 0.15) is 25.7 Å². The number of aliphatic carboxylic acids is 1. The minimum atomic E-state index is -2.00. The predicted molar refractivity (Wildman–Crippen MR) is 108 cm³/mol. The standard InChI is InChI=1S/C17H30N8O6/c1-24(15(19)20)6-4-9(18)8-11(26)22-10-2-3-12(31-13(10)14(27)28)25-7-5-17(21,30)23-16(25)29/h5,7,9-10,12-13,30H,2-4,6,8,18,21H2,1H3,(H3,19,20)(H,22,26)(H,23,29)(H,27,28)/t9-,10-,12+,13-,17-/m0/s1. The van der Waals surface area contributed by atoms with Crippen molar-refractivity contribution in [2.24, 2.45) is 17.2 Å². The number of nitrogens with two attached hydrogens (primary N) is 3. The lowest BCUT2D eigenvalue weighted by atomic mass is 9.99. The fourth-order valence-corrected chi connectivity index (χ4v) is 3.24. The number of carboxylic acids is 1. The number of ether oxygens (including phenoxy) is 1. The van der Waals surface area contributed by atoms with E-state index in [1.165, 1.54) is 11.1 Å². The maximum absolute atomic E-state index is 12.3. The van der Waals surface area contributed by atoms with Gasteiger partial charge in [0.2, 0.25) is 11.8 Å². The molecule has 2 heterocycles. The van der Waals surface area contributed by atoms with Gasteiger partial charge in [-0.25, -0.2) is 9.59 Å². The molecule has 0 spiro atoms. The topological polar surface area (TPSA) is 233 Å². The Morgan fingerprint density at radius 3 is 2.77 bits per heavy atom. The van der Waals surface area contributed by atoms with Gasteiger partial charge in [-0.15, -0.1) is 0 Å². The third-order valence-electron chi connectivity index (χ3n) is 5.02. The molecule has 0 aromatic heterocycles. The lowest BCUT2D eigenvalue weighted by molar-refractivity contribution is -0.172. The van der Waals surface area contributed by atoms with E-state index in [0.29, 0.717) is 13.0 Å². The molecule has 14 heteroatoms. The number of amides is 3. The number of hydrogen-bond acceptors (Lipinski definition) is 8. The summed E-state index contributed by atoms with van der Waals surface area (Å²) >= 11 is 0. The van der Waals surface area contributed by atoms with Gasteiger partial charge in [-0.3, -0.25) is 26.2 Å². The molecule has 0 radical (unpaired) electrons. The monoisotopic (exact) mass is 442 g/mol. The van der Waals surface area contributed by atoms with Crippen LogP contribution in [0.3, 0.4) is 0 Å². The zero-order chi connectivity index (χ0) is 23.3. The minimum Gasteiger partial charge on any atom is -0.479 e. The Balaban J connectivity index is 1.91. The van der Waals surface area contributed by atoms with Gasteiger partial charge in [0.15, 0.2) is 12.1 Å². The predicted octanol–water partition coefficient (Wildman–Crippen LogP) is -2.86. The Bertz CT molecular complexity index is 744. The Hall–Kier alpha value is -2.94. The number of rotatable bonds is 8. The second-order valence-electron chi connectivity index (χ2n) is 7.64. The average Bonchev–Trinajstić information content (AvgIpc) is 2.65. The highest BCUT2D eigenvalue weighted by molar-refractivity contribution is 5.80. The smallest absolute Gasteiger partial charge is 0.335 e. The molecule has 2 aliphatic rings. The molecule has 1 fully saturated rings. The second-order valence-corrected chi connectivity index (χ2v) is 7.64. The molecule has 2 aliphatic heterocycles. The van der Waals surface area contributed by atoms with E-state index in [0.717, 1.165) is 11.0 Å². The molecular weight excluding hydrogens is 412 g/mol. The molecule has 0 unspecified atom stereocenters. The number of hydrogen-bond donors (Lipinski definition) is 8. The van der Waals surface area contributed by atoms with E-state index in [1.807, 2.05) is 0 Å². The summed E-state index contributed by atoms with van der Waals surface area (Å²) in [6.07, 6.45) is 0.910. The Labute approximate surface area is 178 Å². The van der Waals surface area contributed by atoms with E-state index in [4.69, 9.17) is 27.3 Å². The Kier molecular flexibility index (Phi) is 7.78. The van der Waals surface area contributed by atoms with Gasteiger partial charge in [0.1, 0.15) is 6.23 Å². The largest absolute Gasteiger partial charge is 0.479 e. The summed E-state index contributed by atoms with van der Waals surface area (Å²) < 4.78 is 5.55. The third-order valence-corrected chi connectivity index (χ3v) is 5.02. The van der Waals surface area contributed by atoms with Gasteiger partial charge < -0.3 is 36.6 Å². The lowest BCUT2D eigenvalue weighted by Gasteiger charge is -2.41. The molecule has 5 atom stereocenters. The Morgan fingerprint density at radius 1 is 1.52 bits per heavy atom. The summed E-state index contributed by atoms with van der Waals surface area (Å²) in [5.74, 6) is -3.83. The van der Waals surface area contributed by atoms with Crippen LogP contribution in [0.4, 0.5) is 4.79 Å². The molecular formula is C17H30N8O6. The van der Waals surface area contributed by atoms with Crippen molar-refractivity contribution in [3.8, 4) is 0 Å². The summed E-state index contributed by atoms with van der Waals surface area (Å²) in [6.45, 7) is 0.402. The summed E-state index contributed by atoms with van der Waals surface area (Å²) in [6, 6.07) is -2.05. The van der Waals surface area contributed by atoms with Crippen molar-refractivity contribution in [1.82, 2.24) is 20.4 Å². The van der Waals surface area contributed by atoms with Crippen LogP contribution in [0.25, 0.3) is 0 Å². The van der Waals surface area contributed by atoms with Crippen molar-refractivity contribution < 1.29 is 29.3 Å². The fraction of sp³-hybridized carbons (Fsp3) is 0.647. The average molecular weight is 442 g/mol. The van der Waals surface area contributed by atoms with Gasteiger partial charge in [0.25, 0.3) is 0 Å². The van der Waals surface area contributed by atoms with Crippen LogP contribution in [-0.2, 0) is 14.3 Å². The molecule has 11 N–H and O–H groups in total.